The van der Waals surface area contributed by atoms with Gasteiger partial charge in [0.05, 0.1) is 16.9 Å². The number of halogens is 1. The lowest BCUT2D eigenvalue weighted by Gasteiger charge is -2.24. The van der Waals surface area contributed by atoms with E-state index in [1.165, 1.54) is 10.9 Å². The molecule has 1 aromatic carbocycles. The second-order valence-electron chi connectivity index (χ2n) is 5.73. The maximum Gasteiger partial charge on any atom is 0.303 e. The number of aliphatic carboxylic acids is 1. The summed E-state index contributed by atoms with van der Waals surface area (Å²) < 4.78 is 1.42. The number of hydrogen-bond donors (Lipinski definition) is 2. The van der Waals surface area contributed by atoms with Crippen LogP contribution in [-0.2, 0) is 4.79 Å². The number of carbonyl (C=O) groups excluding carboxylic acids is 1. The standard InChI is InChI=1S/C15H17ClN4O3/c1-15(2,8-7-13(21)22)17-14(23)11-9-20(19-18-11)12-6-4-3-5-10(12)16/h3-6,9H,7-8H2,1-2H3,(H,17,23)(H,21,22). The van der Waals surface area contributed by atoms with Gasteiger partial charge in [0.15, 0.2) is 5.69 Å². The van der Waals surface area contributed by atoms with Crippen LogP contribution in [-0.4, -0.2) is 37.5 Å². The SMILES string of the molecule is CC(C)(CCC(=O)O)NC(=O)c1cn(-c2ccccc2Cl)nn1. The number of carbonyl (C=O) groups is 2. The van der Waals surface area contributed by atoms with Crippen molar-refractivity contribution in [2.24, 2.45) is 0 Å². The van der Waals surface area contributed by atoms with E-state index in [-0.39, 0.29) is 12.1 Å². The molecule has 0 bridgehead atoms. The zero-order chi connectivity index (χ0) is 17.0. The van der Waals surface area contributed by atoms with Crippen molar-refractivity contribution in [3.05, 3.63) is 41.2 Å². The third kappa shape index (κ3) is 4.53. The second kappa shape index (κ2) is 6.78. The molecule has 2 aromatic rings. The largest absolute Gasteiger partial charge is 0.481 e. The molecule has 0 atom stereocenters. The van der Waals surface area contributed by atoms with Crippen LogP contribution in [0.2, 0.25) is 5.02 Å². The molecule has 7 nitrogen and oxygen atoms in total. The van der Waals surface area contributed by atoms with E-state index in [9.17, 15) is 9.59 Å². The smallest absolute Gasteiger partial charge is 0.303 e. The van der Waals surface area contributed by atoms with Crippen LogP contribution in [0.3, 0.4) is 0 Å². The van der Waals surface area contributed by atoms with Gasteiger partial charge in [0, 0.05) is 12.0 Å². The number of nitrogens with one attached hydrogen (secondary N) is 1. The van der Waals surface area contributed by atoms with Gasteiger partial charge in [0.25, 0.3) is 5.91 Å². The summed E-state index contributed by atoms with van der Waals surface area (Å²) in [7, 11) is 0. The van der Waals surface area contributed by atoms with Crippen molar-refractivity contribution < 1.29 is 14.7 Å². The lowest BCUT2D eigenvalue weighted by molar-refractivity contribution is -0.137. The van der Waals surface area contributed by atoms with Crippen LogP contribution in [0, 0.1) is 0 Å². The average molecular weight is 337 g/mol. The fourth-order valence-electron chi connectivity index (χ4n) is 1.98. The molecule has 0 radical (unpaired) electrons. The maximum absolute atomic E-state index is 12.2. The minimum absolute atomic E-state index is 0.0282. The van der Waals surface area contributed by atoms with Crippen molar-refractivity contribution in [2.45, 2.75) is 32.2 Å². The first kappa shape index (κ1) is 17.0. The first-order chi connectivity index (χ1) is 10.8. The van der Waals surface area contributed by atoms with Gasteiger partial charge in [-0.15, -0.1) is 5.10 Å². The predicted molar refractivity (Wildman–Crippen MR) is 84.8 cm³/mol. The highest BCUT2D eigenvalue weighted by Crippen LogP contribution is 2.19. The monoisotopic (exact) mass is 336 g/mol. The van der Waals surface area contributed by atoms with E-state index in [1.807, 2.05) is 0 Å². The maximum atomic E-state index is 12.2. The minimum Gasteiger partial charge on any atom is -0.481 e. The third-order valence-corrected chi connectivity index (χ3v) is 3.56. The fourth-order valence-corrected chi connectivity index (χ4v) is 2.20. The van der Waals surface area contributed by atoms with E-state index in [4.69, 9.17) is 16.7 Å². The van der Waals surface area contributed by atoms with Gasteiger partial charge in [0.2, 0.25) is 0 Å². The lowest BCUT2D eigenvalue weighted by atomic mass is 9.98. The van der Waals surface area contributed by atoms with Gasteiger partial charge in [-0.3, -0.25) is 9.59 Å². The molecular formula is C15H17ClN4O3. The first-order valence-electron chi connectivity index (χ1n) is 7.00. The number of carboxylic acid groups (broad SMARTS) is 1. The minimum atomic E-state index is -0.906. The van der Waals surface area contributed by atoms with E-state index in [0.717, 1.165) is 0 Å². The van der Waals surface area contributed by atoms with Crippen LogP contribution in [0.15, 0.2) is 30.5 Å². The molecule has 0 saturated heterocycles. The summed E-state index contributed by atoms with van der Waals surface area (Å²) in [5, 5.41) is 19.7. The van der Waals surface area contributed by atoms with Crippen molar-refractivity contribution in [2.75, 3.05) is 0 Å². The number of aromatic nitrogens is 3. The van der Waals surface area contributed by atoms with Gasteiger partial charge >= 0.3 is 5.97 Å². The highest BCUT2D eigenvalue weighted by Gasteiger charge is 2.24. The number of nitrogens with zero attached hydrogens (tertiary/aromatic N) is 3. The van der Waals surface area contributed by atoms with Crippen molar-refractivity contribution in [3.63, 3.8) is 0 Å². The van der Waals surface area contributed by atoms with Crippen LogP contribution in [0.1, 0.15) is 37.2 Å². The van der Waals surface area contributed by atoms with Crippen molar-refractivity contribution in [1.29, 1.82) is 0 Å². The van der Waals surface area contributed by atoms with E-state index in [1.54, 1.807) is 38.1 Å². The molecule has 8 heteroatoms. The molecular weight excluding hydrogens is 320 g/mol. The summed E-state index contributed by atoms with van der Waals surface area (Å²) >= 11 is 6.08. The Hall–Kier alpha value is -2.41. The summed E-state index contributed by atoms with van der Waals surface area (Å²) in [6.07, 6.45) is 1.76. The number of carboxylic acids is 1. The second-order valence-corrected chi connectivity index (χ2v) is 6.14. The van der Waals surface area contributed by atoms with Gasteiger partial charge in [-0.2, -0.15) is 0 Å². The Balaban J connectivity index is 2.10. The van der Waals surface area contributed by atoms with E-state index >= 15 is 0 Å². The Kier molecular flexibility index (Phi) is 5.00. The molecule has 0 aliphatic heterocycles. The number of amides is 1. The molecule has 1 aromatic heterocycles. The molecule has 0 unspecified atom stereocenters. The number of para-hydroxylation sites is 1. The molecule has 0 aliphatic rings. The first-order valence-corrected chi connectivity index (χ1v) is 7.38. The predicted octanol–water partition coefficient (Wildman–Crippen LogP) is 2.29. The van der Waals surface area contributed by atoms with Gasteiger partial charge in [-0.1, -0.05) is 28.9 Å². The van der Waals surface area contributed by atoms with E-state index < -0.39 is 17.4 Å². The molecule has 23 heavy (non-hydrogen) atoms. The zero-order valence-electron chi connectivity index (χ0n) is 12.8. The van der Waals surface area contributed by atoms with Crippen molar-refractivity contribution in [3.8, 4) is 5.69 Å². The Morgan fingerprint density at radius 1 is 1.35 bits per heavy atom. The molecule has 2 rings (SSSR count). The summed E-state index contributed by atoms with van der Waals surface area (Å²) in [4.78, 5) is 22.9. The third-order valence-electron chi connectivity index (χ3n) is 3.24. The summed E-state index contributed by atoms with van der Waals surface area (Å²) in [5.74, 6) is -1.32. The lowest BCUT2D eigenvalue weighted by Crippen LogP contribution is -2.43. The number of rotatable bonds is 6. The highest BCUT2D eigenvalue weighted by atomic mass is 35.5. The molecule has 1 amide bonds. The van der Waals surface area contributed by atoms with Gasteiger partial charge in [-0.25, -0.2) is 4.68 Å². The number of benzene rings is 1. The molecule has 0 saturated carbocycles. The quantitative estimate of drug-likeness (QED) is 0.843. The Morgan fingerprint density at radius 3 is 2.70 bits per heavy atom. The topological polar surface area (TPSA) is 97.1 Å². The molecule has 0 spiro atoms. The van der Waals surface area contributed by atoms with Crippen LogP contribution in [0.4, 0.5) is 0 Å². The molecule has 1 heterocycles. The van der Waals surface area contributed by atoms with Crippen molar-refractivity contribution in [1.82, 2.24) is 20.3 Å². The van der Waals surface area contributed by atoms with E-state index in [0.29, 0.717) is 17.1 Å². The van der Waals surface area contributed by atoms with Gasteiger partial charge in [-0.05, 0) is 32.4 Å². The van der Waals surface area contributed by atoms with Crippen LogP contribution in [0.25, 0.3) is 5.69 Å². The molecule has 2 N–H and O–H groups in total. The highest BCUT2D eigenvalue weighted by molar-refractivity contribution is 6.32. The van der Waals surface area contributed by atoms with Gasteiger partial charge in [0.1, 0.15) is 0 Å². The van der Waals surface area contributed by atoms with Crippen LogP contribution >= 0.6 is 11.6 Å². The zero-order valence-corrected chi connectivity index (χ0v) is 13.5. The number of hydrogen-bond acceptors (Lipinski definition) is 4. The fraction of sp³-hybridized carbons (Fsp3) is 0.333. The average Bonchev–Trinajstić information content (AvgIpc) is 2.95. The Morgan fingerprint density at radius 2 is 2.04 bits per heavy atom. The normalized spacial score (nSPS) is 11.3. The Bertz CT molecular complexity index is 727. The van der Waals surface area contributed by atoms with E-state index in [2.05, 4.69) is 15.6 Å². The summed E-state index contributed by atoms with van der Waals surface area (Å²) in [6, 6.07) is 7.07. The summed E-state index contributed by atoms with van der Waals surface area (Å²) in [5.41, 5.74) is 0.0862. The van der Waals surface area contributed by atoms with Crippen LogP contribution < -0.4 is 5.32 Å². The van der Waals surface area contributed by atoms with Crippen LogP contribution in [0.5, 0.6) is 0 Å². The van der Waals surface area contributed by atoms with Crippen molar-refractivity contribution >= 4 is 23.5 Å². The molecule has 122 valence electrons. The summed E-state index contributed by atoms with van der Waals surface area (Å²) in [6.45, 7) is 3.51. The van der Waals surface area contributed by atoms with Gasteiger partial charge < -0.3 is 10.4 Å². The molecule has 0 aliphatic carbocycles. The Labute approximate surface area is 138 Å². The molecule has 0 fully saturated rings.